The number of hydrogen-bond acceptors (Lipinski definition) is 4. The van der Waals surface area contributed by atoms with Gasteiger partial charge in [-0.25, -0.2) is 0 Å². The number of carbonyl (C=O) groups is 1. The van der Waals surface area contributed by atoms with E-state index in [4.69, 9.17) is 4.74 Å². The maximum absolute atomic E-state index is 12.0. The van der Waals surface area contributed by atoms with E-state index in [1.54, 1.807) is 11.8 Å². The van der Waals surface area contributed by atoms with Crippen molar-refractivity contribution in [2.24, 2.45) is 0 Å². The molecule has 2 fully saturated rings. The molecule has 0 bridgehead atoms. The van der Waals surface area contributed by atoms with Crippen LogP contribution in [0.1, 0.15) is 32.6 Å². The van der Waals surface area contributed by atoms with Gasteiger partial charge in [-0.1, -0.05) is 0 Å². The van der Waals surface area contributed by atoms with Gasteiger partial charge >= 0.3 is 0 Å². The van der Waals surface area contributed by atoms with Crippen molar-refractivity contribution < 1.29 is 9.53 Å². The van der Waals surface area contributed by atoms with Gasteiger partial charge in [-0.05, 0) is 45.7 Å². The zero-order valence-corrected chi connectivity index (χ0v) is 12.0. The van der Waals surface area contributed by atoms with E-state index in [1.807, 2.05) is 0 Å². The van der Waals surface area contributed by atoms with Crippen LogP contribution < -0.4 is 10.6 Å². The molecule has 2 aliphatic rings. The molecule has 2 rings (SSSR count). The highest BCUT2D eigenvalue weighted by atomic mass is 32.2. The van der Waals surface area contributed by atoms with Crippen LogP contribution in [0, 0.1) is 0 Å². The van der Waals surface area contributed by atoms with E-state index in [2.05, 4.69) is 17.6 Å². The van der Waals surface area contributed by atoms with E-state index >= 15 is 0 Å². The van der Waals surface area contributed by atoms with Gasteiger partial charge in [0.25, 0.3) is 0 Å². The summed E-state index contributed by atoms with van der Waals surface area (Å²) in [5.74, 6) is 0.742. The second-order valence-electron chi connectivity index (χ2n) is 5.53. The lowest BCUT2D eigenvalue weighted by Crippen LogP contribution is -2.52. The fourth-order valence-electron chi connectivity index (χ4n) is 2.56. The fourth-order valence-corrected chi connectivity index (χ4v) is 3.59. The normalized spacial score (nSPS) is 30.1. The van der Waals surface area contributed by atoms with E-state index in [-0.39, 0.29) is 11.4 Å². The second-order valence-corrected chi connectivity index (χ2v) is 6.81. The van der Waals surface area contributed by atoms with Crippen molar-refractivity contribution in [3.05, 3.63) is 0 Å². The van der Waals surface area contributed by atoms with E-state index in [9.17, 15) is 4.79 Å². The molecule has 0 aliphatic carbocycles. The van der Waals surface area contributed by atoms with Gasteiger partial charge in [0.05, 0.1) is 17.9 Å². The first-order valence-corrected chi connectivity index (χ1v) is 7.94. The molecule has 2 heterocycles. The minimum atomic E-state index is -0.149. The van der Waals surface area contributed by atoms with Gasteiger partial charge in [0, 0.05) is 11.9 Å². The number of amides is 1. The van der Waals surface area contributed by atoms with Gasteiger partial charge < -0.3 is 15.4 Å². The molecule has 0 saturated carbocycles. The summed E-state index contributed by atoms with van der Waals surface area (Å²) < 4.78 is 5.45. The largest absolute Gasteiger partial charge is 0.379 e. The maximum atomic E-state index is 12.0. The molecule has 2 N–H and O–H groups in total. The molecule has 2 aliphatic heterocycles. The minimum absolute atomic E-state index is 0.149. The van der Waals surface area contributed by atoms with Crippen LogP contribution in [0.3, 0.4) is 0 Å². The molecule has 0 aromatic heterocycles. The molecule has 5 heteroatoms. The van der Waals surface area contributed by atoms with Gasteiger partial charge in [0.1, 0.15) is 0 Å². The van der Waals surface area contributed by atoms with Crippen molar-refractivity contribution in [2.45, 2.75) is 43.4 Å². The molecule has 1 amide bonds. The van der Waals surface area contributed by atoms with Crippen molar-refractivity contribution in [2.75, 3.05) is 32.1 Å². The molecule has 0 aromatic rings. The highest BCUT2D eigenvalue weighted by Crippen LogP contribution is 2.21. The van der Waals surface area contributed by atoms with Crippen molar-refractivity contribution in [3.8, 4) is 0 Å². The van der Waals surface area contributed by atoms with Crippen LogP contribution in [0.4, 0.5) is 0 Å². The number of ether oxygens (including phenoxy) is 1. The highest BCUT2D eigenvalue weighted by molar-refractivity contribution is 8.00. The van der Waals surface area contributed by atoms with Gasteiger partial charge in [-0.15, -0.1) is 11.8 Å². The smallest absolute Gasteiger partial charge is 0.230 e. The summed E-state index contributed by atoms with van der Waals surface area (Å²) in [6.07, 6.45) is 4.42. The van der Waals surface area contributed by atoms with Crippen LogP contribution in [0.5, 0.6) is 0 Å². The number of nitrogens with one attached hydrogen (secondary N) is 2. The Bertz CT molecular complexity index is 274. The Hall–Kier alpha value is -0.260. The summed E-state index contributed by atoms with van der Waals surface area (Å²) in [6.45, 7) is 5.74. The number of carbonyl (C=O) groups excluding carboxylic acids is 1. The molecule has 18 heavy (non-hydrogen) atoms. The summed E-state index contributed by atoms with van der Waals surface area (Å²) in [6, 6.07) is 0. The molecule has 1 unspecified atom stereocenters. The molecule has 2 saturated heterocycles. The summed E-state index contributed by atoms with van der Waals surface area (Å²) in [5.41, 5.74) is -0.149. The van der Waals surface area contributed by atoms with Crippen molar-refractivity contribution >= 4 is 17.7 Å². The third-order valence-electron chi connectivity index (χ3n) is 3.62. The van der Waals surface area contributed by atoms with Crippen LogP contribution in [0.15, 0.2) is 0 Å². The molecule has 4 nitrogen and oxygen atoms in total. The van der Waals surface area contributed by atoms with Crippen molar-refractivity contribution in [1.82, 2.24) is 10.6 Å². The summed E-state index contributed by atoms with van der Waals surface area (Å²) in [7, 11) is 0. The van der Waals surface area contributed by atoms with E-state index in [0.29, 0.717) is 17.6 Å². The monoisotopic (exact) mass is 272 g/mol. The van der Waals surface area contributed by atoms with Crippen molar-refractivity contribution in [3.63, 3.8) is 0 Å². The Morgan fingerprint density at radius 1 is 1.50 bits per heavy atom. The zero-order chi connectivity index (χ0) is 12.8. The Labute approximate surface area is 114 Å². The van der Waals surface area contributed by atoms with Crippen LogP contribution >= 0.6 is 11.8 Å². The molecule has 0 radical (unpaired) electrons. The Morgan fingerprint density at radius 2 is 2.28 bits per heavy atom. The molecule has 104 valence electrons. The number of hydrogen-bond donors (Lipinski definition) is 2. The topological polar surface area (TPSA) is 50.4 Å². The summed E-state index contributed by atoms with van der Waals surface area (Å²) >= 11 is 1.80. The van der Waals surface area contributed by atoms with E-state index in [0.717, 1.165) is 32.5 Å². The zero-order valence-electron chi connectivity index (χ0n) is 11.2. The molecule has 1 atom stereocenters. The molecule has 0 aromatic carbocycles. The minimum Gasteiger partial charge on any atom is -0.379 e. The molecular weight excluding hydrogens is 248 g/mol. The maximum Gasteiger partial charge on any atom is 0.230 e. The molecule has 0 spiro atoms. The van der Waals surface area contributed by atoms with Crippen molar-refractivity contribution in [1.29, 1.82) is 0 Å². The van der Waals surface area contributed by atoms with Crippen LogP contribution in [0.25, 0.3) is 0 Å². The SMILES string of the molecule is CC1(NC(=O)CSC2CCNCC2)CCCOC1. The first-order valence-electron chi connectivity index (χ1n) is 6.89. The average molecular weight is 272 g/mol. The Morgan fingerprint density at radius 3 is 2.94 bits per heavy atom. The number of rotatable bonds is 4. The fraction of sp³-hybridized carbons (Fsp3) is 0.923. The lowest BCUT2D eigenvalue weighted by Gasteiger charge is -2.34. The molecular formula is C13H24N2O2S. The third kappa shape index (κ3) is 4.44. The number of piperidine rings is 1. The first-order chi connectivity index (χ1) is 8.68. The Balaban J connectivity index is 1.67. The lowest BCUT2D eigenvalue weighted by atomic mass is 9.95. The van der Waals surface area contributed by atoms with E-state index in [1.165, 1.54) is 12.8 Å². The predicted molar refractivity (Wildman–Crippen MR) is 75.0 cm³/mol. The quantitative estimate of drug-likeness (QED) is 0.806. The predicted octanol–water partition coefficient (Wildman–Crippen LogP) is 1.16. The van der Waals surface area contributed by atoms with Gasteiger partial charge in [0.15, 0.2) is 0 Å². The highest BCUT2D eigenvalue weighted by Gasteiger charge is 2.29. The van der Waals surface area contributed by atoms with Crippen LogP contribution in [-0.2, 0) is 9.53 Å². The standard InChI is InChI=1S/C13H24N2O2S/c1-13(5-2-8-17-10-13)15-12(16)9-18-11-3-6-14-7-4-11/h11,14H,2-10H2,1H3,(H,15,16). The summed E-state index contributed by atoms with van der Waals surface area (Å²) in [5, 5.41) is 7.12. The average Bonchev–Trinajstić information content (AvgIpc) is 2.38. The third-order valence-corrected chi connectivity index (χ3v) is 4.99. The first kappa shape index (κ1) is 14.2. The van der Waals surface area contributed by atoms with E-state index < -0.39 is 0 Å². The van der Waals surface area contributed by atoms with Gasteiger partial charge in [-0.3, -0.25) is 4.79 Å². The van der Waals surface area contributed by atoms with Gasteiger partial charge in [-0.2, -0.15) is 0 Å². The second kappa shape index (κ2) is 6.78. The lowest BCUT2D eigenvalue weighted by molar-refractivity contribution is -0.122. The summed E-state index contributed by atoms with van der Waals surface area (Å²) in [4.78, 5) is 12.0. The number of thioether (sulfide) groups is 1. The Kier molecular flexibility index (Phi) is 5.33. The van der Waals surface area contributed by atoms with Gasteiger partial charge in [0.2, 0.25) is 5.91 Å². The van der Waals surface area contributed by atoms with Crippen LogP contribution in [-0.4, -0.2) is 48.8 Å². The van der Waals surface area contributed by atoms with Crippen LogP contribution in [0.2, 0.25) is 0 Å².